The van der Waals surface area contributed by atoms with Gasteiger partial charge in [0.05, 0.1) is 12.1 Å². The number of nitrogens with two attached hydrogens (primary N) is 1. The highest BCUT2D eigenvalue weighted by molar-refractivity contribution is 6.32. The molecule has 4 heteroatoms. The van der Waals surface area contributed by atoms with E-state index < -0.39 is 0 Å². The van der Waals surface area contributed by atoms with Crippen LogP contribution < -0.4 is 15.2 Å². The van der Waals surface area contributed by atoms with Crippen molar-refractivity contribution in [2.75, 3.05) is 7.11 Å². The monoisotopic (exact) mass is 263 g/mol. The van der Waals surface area contributed by atoms with Crippen LogP contribution in [-0.2, 0) is 6.54 Å². The van der Waals surface area contributed by atoms with Crippen LogP contribution in [0.2, 0.25) is 5.02 Å². The van der Waals surface area contributed by atoms with Crippen LogP contribution in [0.15, 0.2) is 42.5 Å². The fourth-order valence-electron chi connectivity index (χ4n) is 1.64. The lowest BCUT2D eigenvalue weighted by Crippen LogP contribution is -2.00. The molecule has 0 atom stereocenters. The zero-order chi connectivity index (χ0) is 13.0. The lowest BCUT2D eigenvalue weighted by Gasteiger charge is -2.13. The van der Waals surface area contributed by atoms with Crippen LogP contribution in [0.1, 0.15) is 5.56 Å². The minimum absolute atomic E-state index is 0.366. The minimum Gasteiger partial charge on any atom is -0.493 e. The Kier molecular flexibility index (Phi) is 4.07. The van der Waals surface area contributed by atoms with Gasteiger partial charge < -0.3 is 15.2 Å². The molecule has 2 N–H and O–H groups in total. The molecule has 0 saturated heterocycles. The predicted molar refractivity (Wildman–Crippen MR) is 72.4 cm³/mol. The number of rotatable bonds is 4. The number of ether oxygens (including phenoxy) is 2. The van der Waals surface area contributed by atoms with E-state index in [1.54, 1.807) is 13.2 Å². The zero-order valence-corrected chi connectivity index (χ0v) is 10.8. The Hall–Kier alpha value is -1.71. The first-order valence-corrected chi connectivity index (χ1v) is 5.92. The second-order valence-corrected chi connectivity index (χ2v) is 4.09. The third-order valence-electron chi connectivity index (χ3n) is 2.55. The molecule has 0 bridgehead atoms. The molecule has 0 heterocycles. The maximum Gasteiger partial charge on any atom is 0.169 e. The van der Waals surface area contributed by atoms with Crippen LogP contribution in [0, 0.1) is 0 Å². The van der Waals surface area contributed by atoms with Crippen LogP contribution in [-0.4, -0.2) is 7.11 Å². The summed E-state index contributed by atoms with van der Waals surface area (Å²) in [5.74, 6) is 1.84. The topological polar surface area (TPSA) is 44.5 Å². The molecular formula is C14H14ClNO2. The smallest absolute Gasteiger partial charge is 0.169 e. The molecule has 0 spiro atoms. The molecule has 0 aliphatic rings. The summed E-state index contributed by atoms with van der Waals surface area (Å²) in [5.41, 5.74) is 6.53. The van der Waals surface area contributed by atoms with Gasteiger partial charge >= 0.3 is 0 Å². The first-order valence-electron chi connectivity index (χ1n) is 5.54. The van der Waals surface area contributed by atoms with Crippen LogP contribution >= 0.6 is 11.6 Å². The Labute approximate surface area is 111 Å². The molecule has 3 nitrogen and oxygen atoms in total. The van der Waals surface area contributed by atoms with Crippen molar-refractivity contribution >= 4 is 11.6 Å². The normalized spacial score (nSPS) is 10.2. The second kappa shape index (κ2) is 5.76. The third kappa shape index (κ3) is 2.58. The molecule has 0 radical (unpaired) electrons. The molecule has 0 aliphatic carbocycles. The van der Waals surface area contributed by atoms with Crippen molar-refractivity contribution in [3.05, 3.63) is 53.1 Å². The maximum atomic E-state index is 6.13. The fraction of sp³-hybridized carbons (Fsp3) is 0.143. The average molecular weight is 264 g/mol. The summed E-state index contributed by atoms with van der Waals surface area (Å²) in [6.07, 6.45) is 0. The fourth-order valence-corrected chi connectivity index (χ4v) is 1.87. The Bertz CT molecular complexity index is 543. The molecule has 0 fully saturated rings. The van der Waals surface area contributed by atoms with Crippen molar-refractivity contribution in [2.24, 2.45) is 5.73 Å². The van der Waals surface area contributed by atoms with E-state index in [4.69, 9.17) is 26.8 Å². The van der Waals surface area contributed by atoms with Gasteiger partial charge in [-0.1, -0.05) is 35.9 Å². The minimum atomic E-state index is 0.366. The summed E-state index contributed by atoms with van der Waals surface area (Å²) in [6.45, 7) is 0.366. The highest BCUT2D eigenvalue weighted by atomic mass is 35.5. The van der Waals surface area contributed by atoms with Gasteiger partial charge in [-0.15, -0.1) is 0 Å². The number of hydrogen-bond donors (Lipinski definition) is 1. The molecule has 2 aromatic carbocycles. The summed E-state index contributed by atoms with van der Waals surface area (Å²) in [5, 5.41) is 0.531. The van der Waals surface area contributed by atoms with Crippen LogP contribution in [0.25, 0.3) is 0 Å². The first-order chi connectivity index (χ1) is 8.76. The van der Waals surface area contributed by atoms with Crippen LogP contribution in [0.5, 0.6) is 17.2 Å². The number of halogens is 1. The van der Waals surface area contributed by atoms with Crippen LogP contribution in [0.3, 0.4) is 0 Å². The van der Waals surface area contributed by atoms with E-state index in [0.717, 1.165) is 5.56 Å². The number of hydrogen-bond acceptors (Lipinski definition) is 3. The van der Waals surface area contributed by atoms with Crippen molar-refractivity contribution < 1.29 is 9.47 Å². The highest BCUT2D eigenvalue weighted by Gasteiger charge is 2.11. The third-order valence-corrected chi connectivity index (χ3v) is 2.85. The Morgan fingerprint density at radius 3 is 2.44 bits per heavy atom. The Morgan fingerprint density at radius 1 is 1.06 bits per heavy atom. The van der Waals surface area contributed by atoms with E-state index in [-0.39, 0.29) is 0 Å². The van der Waals surface area contributed by atoms with Gasteiger partial charge in [0.1, 0.15) is 0 Å². The van der Waals surface area contributed by atoms with E-state index >= 15 is 0 Å². The molecule has 0 saturated carbocycles. The molecule has 2 aromatic rings. The molecule has 18 heavy (non-hydrogen) atoms. The molecule has 0 aliphatic heterocycles. The van der Waals surface area contributed by atoms with E-state index in [9.17, 15) is 0 Å². The lowest BCUT2D eigenvalue weighted by molar-refractivity contribution is 0.377. The van der Waals surface area contributed by atoms with Crippen molar-refractivity contribution in [3.63, 3.8) is 0 Å². The Morgan fingerprint density at radius 2 is 1.78 bits per heavy atom. The number of benzene rings is 2. The highest BCUT2D eigenvalue weighted by Crippen LogP contribution is 2.36. The largest absolute Gasteiger partial charge is 0.493 e. The van der Waals surface area contributed by atoms with Gasteiger partial charge in [0.25, 0.3) is 0 Å². The number of methoxy groups -OCH3 is 1. The molecule has 0 unspecified atom stereocenters. The van der Waals surface area contributed by atoms with E-state index in [1.807, 2.05) is 36.4 Å². The van der Waals surface area contributed by atoms with Crippen molar-refractivity contribution in [3.8, 4) is 17.2 Å². The summed E-state index contributed by atoms with van der Waals surface area (Å²) >= 11 is 6.13. The van der Waals surface area contributed by atoms with Gasteiger partial charge in [0.15, 0.2) is 17.2 Å². The quantitative estimate of drug-likeness (QED) is 0.917. The summed E-state index contributed by atoms with van der Waals surface area (Å²) in [4.78, 5) is 0. The summed E-state index contributed by atoms with van der Waals surface area (Å²) in [6, 6.07) is 12.9. The molecule has 0 amide bonds. The van der Waals surface area contributed by atoms with E-state index in [0.29, 0.717) is 28.8 Å². The average Bonchev–Trinajstić information content (AvgIpc) is 2.41. The first kappa shape index (κ1) is 12.7. The van der Waals surface area contributed by atoms with Crippen molar-refractivity contribution in [2.45, 2.75) is 6.54 Å². The van der Waals surface area contributed by atoms with Gasteiger partial charge in [-0.05, 0) is 18.2 Å². The van der Waals surface area contributed by atoms with Crippen LogP contribution in [0.4, 0.5) is 0 Å². The maximum absolute atomic E-state index is 6.13. The molecular weight excluding hydrogens is 250 g/mol. The van der Waals surface area contributed by atoms with Crippen molar-refractivity contribution in [1.82, 2.24) is 0 Å². The summed E-state index contributed by atoms with van der Waals surface area (Å²) in [7, 11) is 1.60. The number of para-hydroxylation sites is 3. The summed E-state index contributed by atoms with van der Waals surface area (Å²) < 4.78 is 11.0. The Balaban J connectivity index is 2.39. The SMILES string of the molecule is COc1ccccc1Oc1c(Cl)cccc1CN. The van der Waals surface area contributed by atoms with Gasteiger partial charge in [-0.2, -0.15) is 0 Å². The van der Waals surface area contributed by atoms with Crippen molar-refractivity contribution in [1.29, 1.82) is 0 Å². The molecule has 94 valence electrons. The molecule has 2 rings (SSSR count). The second-order valence-electron chi connectivity index (χ2n) is 3.69. The lowest BCUT2D eigenvalue weighted by atomic mass is 10.2. The van der Waals surface area contributed by atoms with Gasteiger partial charge in [-0.25, -0.2) is 0 Å². The van der Waals surface area contributed by atoms with Gasteiger partial charge in [0.2, 0.25) is 0 Å². The zero-order valence-electron chi connectivity index (χ0n) is 10.0. The standard InChI is InChI=1S/C14H14ClNO2/c1-17-12-7-2-3-8-13(12)18-14-10(9-16)5-4-6-11(14)15/h2-8H,9,16H2,1H3. The predicted octanol–water partition coefficient (Wildman–Crippen LogP) is 3.60. The van der Waals surface area contributed by atoms with Gasteiger partial charge in [-0.3, -0.25) is 0 Å². The van der Waals surface area contributed by atoms with Gasteiger partial charge in [0, 0.05) is 12.1 Å². The van der Waals surface area contributed by atoms with E-state index in [2.05, 4.69) is 0 Å². The molecule has 0 aromatic heterocycles. The van der Waals surface area contributed by atoms with E-state index in [1.165, 1.54) is 0 Å².